The fourth-order valence-corrected chi connectivity index (χ4v) is 3.36. The van der Waals surface area contributed by atoms with Crippen molar-refractivity contribution in [3.63, 3.8) is 0 Å². The Kier molecular flexibility index (Phi) is 2.56. The van der Waals surface area contributed by atoms with Gasteiger partial charge in [-0.15, -0.1) is 0 Å². The number of hydrogen-bond donors (Lipinski definition) is 0. The van der Waals surface area contributed by atoms with Crippen LogP contribution in [0.5, 0.6) is 0 Å². The molecule has 1 unspecified atom stereocenters. The van der Waals surface area contributed by atoms with Crippen LogP contribution in [0.25, 0.3) is 6.08 Å². The van der Waals surface area contributed by atoms with Crippen molar-refractivity contribution in [3.05, 3.63) is 41.5 Å². The van der Waals surface area contributed by atoms with E-state index in [2.05, 4.69) is 43.3 Å². The molecule has 0 saturated carbocycles. The van der Waals surface area contributed by atoms with Gasteiger partial charge in [0.2, 0.25) is 0 Å². The van der Waals surface area contributed by atoms with Gasteiger partial charge < -0.3 is 0 Å². The van der Waals surface area contributed by atoms with Gasteiger partial charge in [-0.2, -0.15) is 0 Å². The molecule has 2 rings (SSSR count). The molecule has 13 heavy (non-hydrogen) atoms. The van der Waals surface area contributed by atoms with Crippen LogP contribution in [-0.2, 0) is 27.8 Å². The van der Waals surface area contributed by atoms with Crippen molar-refractivity contribution in [3.8, 4) is 0 Å². The average Bonchev–Trinajstić information content (AvgIpc) is 2.46. The van der Waals surface area contributed by atoms with E-state index in [0.717, 1.165) is 0 Å². The molecule has 0 radical (unpaired) electrons. The maximum atomic E-state index is 2.39. The molecule has 1 aromatic carbocycles. The Balaban J connectivity index is 2.42. The van der Waals surface area contributed by atoms with Crippen molar-refractivity contribution < 1.29 is 24.7 Å². The van der Waals surface area contributed by atoms with E-state index in [0.29, 0.717) is 3.12 Å². The van der Waals surface area contributed by atoms with E-state index in [1.165, 1.54) is 24.0 Å². The third-order valence-electron chi connectivity index (χ3n) is 2.63. The van der Waals surface area contributed by atoms with Gasteiger partial charge in [-0.3, -0.25) is 0 Å². The van der Waals surface area contributed by atoms with Crippen molar-refractivity contribution in [1.29, 1.82) is 0 Å². The number of hydrogen-bond acceptors (Lipinski definition) is 0. The minimum absolute atomic E-state index is 0.387. The molecule has 1 aliphatic rings. The quantitative estimate of drug-likeness (QED) is 0.754. The third-order valence-corrected chi connectivity index (χ3v) is 4.32. The molecular formula is C12H13Zr. The molecule has 1 heteroatoms. The summed E-state index contributed by atoms with van der Waals surface area (Å²) in [7, 11) is 0. The summed E-state index contributed by atoms with van der Waals surface area (Å²) in [5.41, 5.74) is 2.96. The van der Waals surface area contributed by atoms with E-state index in [9.17, 15) is 0 Å². The molecule has 1 atom stereocenters. The zero-order valence-corrected chi connectivity index (χ0v) is 10.3. The second kappa shape index (κ2) is 3.54. The Morgan fingerprint density at radius 1 is 1.31 bits per heavy atom. The van der Waals surface area contributed by atoms with Crippen molar-refractivity contribution in [2.45, 2.75) is 22.9 Å². The van der Waals surface area contributed by atoms with Gasteiger partial charge in [-0.25, -0.2) is 0 Å². The van der Waals surface area contributed by atoms with Gasteiger partial charge in [0.25, 0.3) is 0 Å². The van der Waals surface area contributed by atoms with Crippen molar-refractivity contribution in [2.24, 2.45) is 0 Å². The standard InChI is InChI=1S/C12H13.Zr/c1-2-5-10-8-9-11-6-3-4-7-12(10)11;/h3-4,6-9H,2,5H2,1H3;. The predicted octanol–water partition coefficient (Wildman–Crippen LogP) is 3.26. The summed E-state index contributed by atoms with van der Waals surface area (Å²) in [5, 5.41) is 0. The number of fused-ring (bicyclic) bond motifs is 1. The van der Waals surface area contributed by atoms with Gasteiger partial charge in [0.1, 0.15) is 0 Å². The van der Waals surface area contributed by atoms with Crippen LogP contribution in [-0.4, -0.2) is 0 Å². The molecule has 0 aromatic heterocycles. The molecule has 0 N–H and O–H groups in total. The Morgan fingerprint density at radius 2 is 2.08 bits per heavy atom. The molecule has 65 valence electrons. The molecular weight excluding hydrogens is 235 g/mol. The first-order valence-electron chi connectivity index (χ1n) is 4.80. The summed E-state index contributed by atoms with van der Waals surface area (Å²) in [6.45, 7) is 2.26. The SMILES string of the molecule is CCC[C]1([Zr])C=Cc2ccccc21. The molecule has 0 nitrogen and oxygen atoms in total. The summed E-state index contributed by atoms with van der Waals surface area (Å²) in [5.74, 6) is 0. The molecule has 0 spiro atoms. The number of rotatable bonds is 2. The van der Waals surface area contributed by atoms with Crippen LogP contribution >= 0.6 is 0 Å². The van der Waals surface area contributed by atoms with Gasteiger partial charge in [0.15, 0.2) is 0 Å². The van der Waals surface area contributed by atoms with Crippen LogP contribution in [0, 0.1) is 0 Å². The molecule has 0 amide bonds. The first kappa shape index (κ1) is 9.40. The third kappa shape index (κ3) is 1.59. The van der Waals surface area contributed by atoms with Crippen LogP contribution in [0.1, 0.15) is 30.9 Å². The molecule has 0 bridgehead atoms. The van der Waals surface area contributed by atoms with Gasteiger partial charge in [0, 0.05) is 0 Å². The average molecular weight is 248 g/mol. The minimum atomic E-state index is 0.387. The Morgan fingerprint density at radius 3 is 2.85 bits per heavy atom. The summed E-state index contributed by atoms with van der Waals surface area (Å²) in [4.78, 5) is 0. The van der Waals surface area contributed by atoms with E-state index in [1.807, 2.05) is 0 Å². The maximum absolute atomic E-state index is 2.39. The van der Waals surface area contributed by atoms with Crippen LogP contribution in [0.3, 0.4) is 0 Å². The topological polar surface area (TPSA) is 0 Å². The van der Waals surface area contributed by atoms with E-state index < -0.39 is 0 Å². The molecule has 0 saturated heterocycles. The molecule has 0 fully saturated rings. The van der Waals surface area contributed by atoms with E-state index in [4.69, 9.17) is 0 Å². The van der Waals surface area contributed by atoms with E-state index in [1.54, 1.807) is 24.7 Å². The van der Waals surface area contributed by atoms with Gasteiger partial charge >= 0.3 is 95.2 Å². The van der Waals surface area contributed by atoms with E-state index in [-0.39, 0.29) is 0 Å². The fourth-order valence-electron chi connectivity index (χ4n) is 1.98. The molecule has 1 aromatic rings. The predicted molar refractivity (Wildman–Crippen MR) is 52.1 cm³/mol. The summed E-state index contributed by atoms with van der Waals surface area (Å²) in [6.07, 6.45) is 7.22. The molecule has 0 aliphatic heterocycles. The number of benzene rings is 1. The van der Waals surface area contributed by atoms with Crippen molar-refractivity contribution in [2.75, 3.05) is 0 Å². The van der Waals surface area contributed by atoms with Gasteiger partial charge in [-0.1, -0.05) is 0 Å². The van der Waals surface area contributed by atoms with Crippen molar-refractivity contribution >= 4 is 6.08 Å². The zero-order valence-electron chi connectivity index (χ0n) is 7.88. The second-order valence-corrected chi connectivity index (χ2v) is 5.84. The summed E-state index contributed by atoms with van der Waals surface area (Å²) in [6, 6.07) is 8.77. The monoisotopic (exact) mass is 247 g/mol. The van der Waals surface area contributed by atoms with Gasteiger partial charge in [-0.05, 0) is 0 Å². The summed E-state index contributed by atoms with van der Waals surface area (Å²) >= 11 is 1.62. The van der Waals surface area contributed by atoms with Crippen LogP contribution in [0.4, 0.5) is 0 Å². The second-order valence-electron chi connectivity index (χ2n) is 3.64. The summed E-state index contributed by atoms with van der Waals surface area (Å²) < 4.78 is 0.387. The first-order valence-corrected chi connectivity index (χ1v) is 6.03. The normalized spacial score (nSPS) is 24.6. The Labute approximate surface area is 94.9 Å². The molecule has 0 heterocycles. The van der Waals surface area contributed by atoms with Crippen LogP contribution in [0.2, 0.25) is 0 Å². The van der Waals surface area contributed by atoms with Gasteiger partial charge in [0.05, 0.1) is 0 Å². The van der Waals surface area contributed by atoms with Crippen LogP contribution < -0.4 is 0 Å². The Hall–Kier alpha value is -0.157. The Bertz CT molecular complexity index is 341. The zero-order chi connectivity index (χ0) is 9.31. The van der Waals surface area contributed by atoms with Crippen LogP contribution in [0.15, 0.2) is 30.3 Å². The number of allylic oxidation sites excluding steroid dienone is 1. The van der Waals surface area contributed by atoms with Crippen molar-refractivity contribution in [1.82, 2.24) is 0 Å². The fraction of sp³-hybridized carbons (Fsp3) is 0.333. The molecule has 1 aliphatic carbocycles. The first-order chi connectivity index (χ1) is 6.26. The van der Waals surface area contributed by atoms with E-state index >= 15 is 0 Å².